The number of alkyl carbamates (subject to hydrolysis) is 1. The summed E-state index contributed by atoms with van der Waals surface area (Å²) in [5, 5.41) is 12.8. The molecular weight excluding hydrogens is 445 g/mol. The van der Waals surface area contributed by atoms with Crippen molar-refractivity contribution in [3.05, 3.63) is 18.3 Å². The number of nitrogens with one attached hydrogen (secondary N) is 2. The molecule has 1 unspecified atom stereocenters. The van der Waals surface area contributed by atoms with Gasteiger partial charge in [0.15, 0.2) is 5.82 Å². The highest BCUT2D eigenvalue weighted by Gasteiger charge is 2.42. The van der Waals surface area contributed by atoms with Crippen LogP contribution >= 0.6 is 0 Å². The second kappa shape index (κ2) is 11.5. The summed E-state index contributed by atoms with van der Waals surface area (Å²) in [5.41, 5.74) is 0. The number of carbonyl (C=O) groups excluding carboxylic acids is 3. The van der Waals surface area contributed by atoms with E-state index >= 15 is 0 Å². The number of nitrogens with zero attached hydrogens (tertiary/aromatic N) is 3. The summed E-state index contributed by atoms with van der Waals surface area (Å²) in [4.78, 5) is 39.9. The summed E-state index contributed by atoms with van der Waals surface area (Å²) in [6, 6.07) is 2.25. The van der Waals surface area contributed by atoms with E-state index in [0.717, 1.165) is 32.1 Å². The van der Waals surface area contributed by atoms with E-state index in [1.807, 2.05) is 0 Å². The number of hydrogen-bond donors (Lipinski definition) is 2. The van der Waals surface area contributed by atoms with Crippen molar-refractivity contribution in [2.75, 3.05) is 25.0 Å². The molecule has 2 aliphatic heterocycles. The normalized spacial score (nSPS) is 25.8. The lowest BCUT2D eigenvalue weighted by molar-refractivity contribution is -0.141. The van der Waals surface area contributed by atoms with Gasteiger partial charge in [-0.25, -0.2) is 9.18 Å². The van der Waals surface area contributed by atoms with Crippen LogP contribution in [-0.4, -0.2) is 71.2 Å². The van der Waals surface area contributed by atoms with Crippen LogP contribution in [-0.2, 0) is 19.1 Å². The molecule has 186 valence electrons. The number of ether oxygens (including phenoxy) is 2. The number of anilines is 1. The molecule has 2 N–H and O–H groups in total. The van der Waals surface area contributed by atoms with E-state index in [1.54, 1.807) is 12.1 Å². The van der Waals surface area contributed by atoms with Crippen molar-refractivity contribution in [2.45, 2.75) is 69.9 Å². The van der Waals surface area contributed by atoms with Crippen LogP contribution in [0.2, 0.25) is 0 Å². The molecule has 1 saturated carbocycles. The number of halogens is 1. The van der Waals surface area contributed by atoms with Crippen LogP contribution in [0.15, 0.2) is 18.3 Å². The fraction of sp³-hybridized carbons (Fsp3) is 0.696. The Morgan fingerprint density at radius 3 is 2.76 bits per heavy atom. The van der Waals surface area contributed by atoms with Crippen LogP contribution in [0.25, 0.3) is 0 Å². The Labute approximate surface area is 197 Å². The van der Waals surface area contributed by atoms with Gasteiger partial charge in [0, 0.05) is 25.6 Å². The predicted molar refractivity (Wildman–Crippen MR) is 119 cm³/mol. The molecule has 34 heavy (non-hydrogen) atoms. The number of carbonyl (C=O) groups is 3. The van der Waals surface area contributed by atoms with Crippen LogP contribution in [0.5, 0.6) is 0 Å². The third-order valence-corrected chi connectivity index (χ3v) is 6.72. The van der Waals surface area contributed by atoms with E-state index in [2.05, 4.69) is 20.8 Å². The van der Waals surface area contributed by atoms with Gasteiger partial charge in [-0.3, -0.25) is 9.59 Å². The maximum Gasteiger partial charge on any atom is 0.409 e. The maximum atomic E-state index is 14.4. The largest absolute Gasteiger partial charge is 0.420 e. The van der Waals surface area contributed by atoms with Crippen molar-refractivity contribution >= 4 is 23.7 Å². The highest BCUT2D eigenvalue weighted by molar-refractivity contribution is 5.97. The van der Waals surface area contributed by atoms with Crippen LogP contribution in [0.4, 0.5) is 15.0 Å². The molecular formula is C23H32FN5O5. The summed E-state index contributed by atoms with van der Waals surface area (Å²) < 4.78 is 25.1. The SMILES string of the molecule is O=C(NC[C@@H](CC1CCC1)C(=O)N1C[C@H](F)C[C@H]1C(=O)Nc1cccnn1)OC1CCCCO1. The third-order valence-electron chi connectivity index (χ3n) is 6.72. The fourth-order valence-electron chi connectivity index (χ4n) is 4.66. The highest BCUT2D eigenvalue weighted by atomic mass is 19.1. The third kappa shape index (κ3) is 6.40. The van der Waals surface area contributed by atoms with Crippen LogP contribution in [0, 0.1) is 11.8 Å². The van der Waals surface area contributed by atoms with Crippen molar-refractivity contribution in [3.63, 3.8) is 0 Å². The molecule has 4 rings (SSSR count). The van der Waals surface area contributed by atoms with Crippen LogP contribution in [0.1, 0.15) is 51.4 Å². The summed E-state index contributed by atoms with van der Waals surface area (Å²) in [7, 11) is 0. The average molecular weight is 478 g/mol. The zero-order chi connectivity index (χ0) is 23.9. The topological polar surface area (TPSA) is 123 Å². The number of rotatable bonds is 8. The van der Waals surface area contributed by atoms with E-state index in [4.69, 9.17) is 9.47 Å². The summed E-state index contributed by atoms with van der Waals surface area (Å²) in [6.07, 6.45) is 5.12. The Morgan fingerprint density at radius 2 is 2.09 bits per heavy atom. The van der Waals surface area contributed by atoms with Crippen LogP contribution in [0.3, 0.4) is 0 Å². The zero-order valence-electron chi connectivity index (χ0n) is 19.2. The molecule has 3 fully saturated rings. The van der Waals surface area contributed by atoms with Gasteiger partial charge in [0.25, 0.3) is 0 Å². The second-order valence-electron chi connectivity index (χ2n) is 9.25. The van der Waals surface area contributed by atoms with Gasteiger partial charge in [-0.1, -0.05) is 19.3 Å². The molecule has 10 nitrogen and oxygen atoms in total. The van der Waals surface area contributed by atoms with Crippen molar-refractivity contribution in [1.29, 1.82) is 0 Å². The first-order valence-electron chi connectivity index (χ1n) is 12.1. The van der Waals surface area contributed by atoms with Gasteiger partial charge >= 0.3 is 6.09 Å². The minimum atomic E-state index is -1.30. The quantitative estimate of drug-likeness (QED) is 0.589. The monoisotopic (exact) mass is 477 g/mol. The first kappa shape index (κ1) is 24.3. The van der Waals surface area contributed by atoms with E-state index in [9.17, 15) is 18.8 Å². The number of alkyl halides is 1. The smallest absolute Gasteiger partial charge is 0.409 e. The van der Waals surface area contributed by atoms with Crippen molar-refractivity contribution in [1.82, 2.24) is 20.4 Å². The Hall–Kier alpha value is -2.82. The standard InChI is InChI=1S/C23H32FN5O5/c24-17-12-18(21(30)27-19-7-4-9-26-28-19)29(14-17)22(31)16(11-15-5-3-6-15)13-25-23(32)34-20-8-1-2-10-33-20/h4,7,9,15-18,20H,1-3,5-6,8,10-14H2,(H,25,32)(H,27,28,30)/t16-,17-,18+,20?/m1/s1. The fourth-order valence-corrected chi connectivity index (χ4v) is 4.66. The van der Waals surface area contributed by atoms with Gasteiger partial charge in [0.2, 0.25) is 18.1 Å². The van der Waals surface area contributed by atoms with Gasteiger partial charge in [0.1, 0.15) is 12.2 Å². The minimum absolute atomic E-state index is 0.0623. The second-order valence-corrected chi connectivity index (χ2v) is 9.25. The Bertz CT molecular complexity index is 849. The van der Waals surface area contributed by atoms with Crippen molar-refractivity contribution in [2.24, 2.45) is 11.8 Å². The molecule has 3 amide bonds. The van der Waals surface area contributed by atoms with Gasteiger partial charge in [-0.2, -0.15) is 5.10 Å². The molecule has 0 aromatic carbocycles. The molecule has 2 saturated heterocycles. The van der Waals surface area contributed by atoms with Gasteiger partial charge in [-0.15, -0.1) is 5.10 Å². The lowest BCUT2D eigenvalue weighted by atomic mass is 9.78. The van der Waals surface area contributed by atoms with E-state index < -0.39 is 36.4 Å². The lowest BCUT2D eigenvalue weighted by Gasteiger charge is -2.33. The van der Waals surface area contributed by atoms with E-state index in [0.29, 0.717) is 25.4 Å². The first-order valence-corrected chi connectivity index (χ1v) is 12.1. The zero-order valence-corrected chi connectivity index (χ0v) is 19.2. The maximum absolute atomic E-state index is 14.4. The van der Waals surface area contributed by atoms with Gasteiger partial charge < -0.3 is 25.0 Å². The van der Waals surface area contributed by atoms with E-state index in [-0.39, 0.29) is 31.2 Å². The van der Waals surface area contributed by atoms with Crippen molar-refractivity contribution < 1.29 is 28.2 Å². The molecule has 11 heteroatoms. The first-order chi connectivity index (χ1) is 16.5. The molecule has 1 aromatic heterocycles. The number of aromatic nitrogens is 2. The minimum Gasteiger partial charge on any atom is -0.420 e. The highest BCUT2D eigenvalue weighted by Crippen LogP contribution is 2.34. The average Bonchev–Trinajstić information content (AvgIpc) is 3.21. The molecule has 1 aromatic rings. The molecule has 0 radical (unpaired) electrons. The number of likely N-dealkylation sites (tertiary alicyclic amines) is 1. The summed E-state index contributed by atoms with van der Waals surface area (Å²) in [6.45, 7) is 0.462. The molecule has 0 bridgehead atoms. The van der Waals surface area contributed by atoms with Crippen molar-refractivity contribution in [3.8, 4) is 0 Å². The Kier molecular flexibility index (Phi) is 8.25. The number of hydrogen-bond acceptors (Lipinski definition) is 7. The number of amides is 3. The summed E-state index contributed by atoms with van der Waals surface area (Å²) >= 11 is 0. The molecule has 3 aliphatic rings. The van der Waals surface area contributed by atoms with Crippen LogP contribution < -0.4 is 10.6 Å². The Morgan fingerprint density at radius 1 is 1.24 bits per heavy atom. The Balaban J connectivity index is 1.38. The molecule has 4 atom stereocenters. The van der Waals surface area contributed by atoms with Gasteiger partial charge in [0.05, 0.1) is 19.1 Å². The van der Waals surface area contributed by atoms with Gasteiger partial charge in [-0.05, 0) is 37.3 Å². The predicted octanol–water partition coefficient (Wildman–Crippen LogP) is 2.41. The molecule has 3 heterocycles. The molecule has 0 spiro atoms. The van der Waals surface area contributed by atoms with E-state index in [1.165, 1.54) is 11.1 Å². The molecule has 1 aliphatic carbocycles. The lowest BCUT2D eigenvalue weighted by Crippen LogP contribution is -2.48. The summed E-state index contributed by atoms with van der Waals surface area (Å²) in [5.74, 6) is -0.785.